The monoisotopic (exact) mass is 227 g/mol. The summed E-state index contributed by atoms with van der Waals surface area (Å²) in [6, 6.07) is 3.49. The number of aliphatic carboxylic acids is 1. The largest absolute Gasteiger partial charge is 0.491 e. The molecule has 0 aliphatic carbocycles. The fourth-order valence-corrected chi connectivity index (χ4v) is 1.17. The molecule has 5 heteroatoms. The van der Waals surface area contributed by atoms with E-state index in [2.05, 4.69) is 5.32 Å². The van der Waals surface area contributed by atoms with E-state index in [0.717, 1.165) is 0 Å². The standard InChI is InChI=1S/C11H14FNO3/c1-3-16-10-5-4-8(6-9(10)12)13-7(2)11(14)15/h4-7,13H,3H2,1-2H3,(H,14,15). The molecule has 4 nitrogen and oxygen atoms in total. The zero-order valence-electron chi connectivity index (χ0n) is 9.16. The Balaban J connectivity index is 2.77. The number of carboxylic acid groups (broad SMARTS) is 1. The molecule has 1 aromatic carbocycles. The van der Waals surface area contributed by atoms with Crippen molar-refractivity contribution in [2.75, 3.05) is 11.9 Å². The number of halogens is 1. The Morgan fingerprint density at radius 3 is 2.81 bits per heavy atom. The van der Waals surface area contributed by atoms with Gasteiger partial charge in [0.25, 0.3) is 0 Å². The van der Waals surface area contributed by atoms with Crippen LogP contribution in [0.15, 0.2) is 18.2 Å². The third-order valence-electron chi connectivity index (χ3n) is 1.99. The lowest BCUT2D eigenvalue weighted by atomic mass is 10.2. The van der Waals surface area contributed by atoms with Crippen LogP contribution in [0, 0.1) is 5.82 Å². The summed E-state index contributed by atoms with van der Waals surface area (Å²) < 4.78 is 18.4. The molecule has 0 aliphatic rings. The van der Waals surface area contributed by atoms with Crippen LogP contribution in [0.25, 0.3) is 0 Å². The van der Waals surface area contributed by atoms with Crippen LogP contribution in [-0.4, -0.2) is 23.7 Å². The number of carbonyl (C=O) groups is 1. The first kappa shape index (κ1) is 12.3. The first-order valence-electron chi connectivity index (χ1n) is 4.96. The minimum absolute atomic E-state index is 0.163. The summed E-state index contributed by atoms with van der Waals surface area (Å²) in [6.07, 6.45) is 0. The van der Waals surface area contributed by atoms with Crippen molar-refractivity contribution < 1.29 is 19.0 Å². The smallest absolute Gasteiger partial charge is 0.325 e. The fraction of sp³-hybridized carbons (Fsp3) is 0.364. The minimum Gasteiger partial charge on any atom is -0.491 e. The van der Waals surface area contributed by atoms with Crippen LogP contribution in [0.4, 0.5) is 10.1 Å². The zero-order chi connectivity index (χ0) is 12.1. The van der Waals surface area contributed by atoms with Gasteiger partial charge in [0.15, 0.2) is 11.6 Å². The Labute approximate surface area is 93.0 Å². The quantitative estimate of drug-likeness (QED) is 0.808. The van der Waals surface area contributed by atoms with E-state index >= 15 is 0 Å². The van der Waals surface area contributed by atoms with E-state index in [1.165, 1.54) is 19.1 Å². The molecular formula is C11H14FNO3. The van der Waals surface area contributed by atoms with Crippen LogP contribution in [0.3, 0.4) is 0 Å². The van der Waals surface area contributed by atoms with Gasteiger partial charge < -0.3 is 15.2 Å². The summed E-state index contributed by atoms with van der Waals surface area (Å²) in [4.78, 5) is 10.6. The van der Waals surface area contributed by atoms with E-state index in [-0.39, 0.29) is 5.75 Å². The highest BCUT2D eigenvalue weighted by Crippen LogP contribution is 2.21. The third-order valence-corrected chi connectivity index (χ3v) is 1.99. The van der Waals surface area contributed by atoms with Crippen LogP contribution in [-0.2, 0) is 4.79 Å². The van der Waals surface area contributed by atoms with E-state index in [9.17, 15) is 9.18 Å². The summed E-state index contributed by atoms with van der Waals surface area (Å²) in [7, 11) is 0. The average Bonchev–Trinajstić information content (AvgIpc) is 2.22. The van der Waals surface area contributed by atoms with Gasteiger partial charge >= 0.3 is 5.97 Å². The highest BCUT2D eigenvalue weighted by Gasteiger charge is 2.11. The molecule has 0 spiro atoms. The molecule has 1 rings (SSSR count). The van der Waals surface area contributed by atoms with Crippen LogP contribution < -0.4 is 10.1 Å². The molecule has 1 aromatic rings. The molecule has 0 bridgehead atoms. The first-order chi connectivity index (χ1) is 7.54. The van der Waals surface area contributed by atoms with Crippen LogP contribution in [0.1, 0.15) is 13.8 Å². The van der Waals surface area contributed by atoms with E-state index in [1.807, 2.05) is 0 Å². The normalized spacial score (nSPS) is 11.9. The number of ether oxygens (including phenoxy) is 1. The maximum atomic E-state index is 13.4. The van der Waals surface area contributed by atoms with E-state index in [0.29, 0.717) is 12.3 Å². The van der Waals surface area contributed by atoms with Crippen molar-refractivity contribution in [3.05, 3.63) is 24.0 Å². The molecule has 0 aromatic heterocycles. The maximum absolute atomic E-state index is 13.4. The van der Waals surface area contributed by atoms with Crippen molar-refractivity contribution in [2.24, 2.45) is 0 Å². The summed E-state index contributed by atoms with van der Waals surface area (Å²) in [6.45, 7) is 3.63. The molecular weight excluding hydrogens is 213 g/mol. The van der Waals surface area contributed by atoms with Crippen molar-refractivity contribution in [2.45, 2.75) is 19.9 Å². The van der Waals surface area contributed by atoms with Gasteiger partial charge in [0, 0.05) is 11.8 Å². The van der Waals surface area contributed by atoms with Gasteiger partial charge in [0.1, 0.15) is 6.04 Å². The Kier molecular flexibility index (Phi) is 4.10. The van der Waals surface area contributed by atoms with E-state index < -0.39 is 17.8 Å². The van der Waals surface area contributed by atoms with Gasteiger partial charge in [-0.3, -0.25) is 4.79 Å². The van der Waals surface area contributed by atoms with Crippen molar-refractivity contribution in [3.8, 4) is 5.75 Å². The Bertz CT molecular complexity index is 381. The molecule has 0 amide bonds. The molecule has 16 heavy (non-hydrogen) atoms. The molecule has 0 heterocycles. The number of hydrogen-bond acceptors (Lipinski definition) is 3. The molecule has 0 saturated heterocycles. The number of hydrogen-bond donors (Lipinski definition) is 2. The van der Waals surface area contributed by atoms with Crippen molar-refractivity contribution in [3.63, 3.8) is 0 Å². The summed E-state index contributed by atoms with van der Waals surface area (Å²) in [5, 5.41) is 11.3. The highest BCUT2D eigenvalue weighted by atomic mass is 19.1. The molecule has 88 valence electrons. The topological polar surface area (TPSA) is 58.6 Å². The zero-order valence-corrected chi connectivity index (χ0v) is 9.16. The molecule has 0 saturated carbocycles. The van der Waals surface area contributed by atoms with Crippen LogP contribution >= 0.6 is 0 Å². The predicted octanol–water partition coefficient (Wildman–Crippen LogP) is 2.11. The minimum atomic E-state index is -0.991. The second-order valence-electron chi connectivity index (χ2n) is 3.28. The second kappa shape index (κ2) is 5.34. The van der Waals surface area contributed by atoms with Crippen molar-refractivity contribution in [1.82, 2.24) is 0 Å². The Morgan fingerprint density at radius 2 is 2.31 bits per heavy atom. The SMILES string of the molecule is CCOc1ccc(NC(C)C(=O)O)cc1F. The summed E-state index contributed by atoms with van der Waals surface area (Å²) >= 11 is 0. The molecule has 0 aliphatic heterocycles. The lowest BCUT2D eigenvalue weighted by Crippen LogP contribution is -2.25. The van der Waals surface area contributed by atoms with Crippen LogP contribution in [0.2, 0.25) is 0 Å². The number of nitrogens with one attached hydrogen (secondary N) is 1. The number of carboxylic acids is 1. The van der Waals surface area contributed by atoms with Gasteiger partial charge in [-0.2, -0.15) is 0 Å². The van der Waals surface area contributed by atoms with E-state index in [1.54, 1.807) is 13.0 Å². The highest BCUT2D eigenvalue weighted by molar-refractivity contribution is 5.76. The van der Waals surface area contributed by atoms with Gasteiger partial charge in [0.05, 0.1) is 6.61 Å². The first-order valence-corrected chi connectivity index (χ1v) is 4.96. The Morgan fingerprint density at radius 1 is 1.62 bits per heavy atom. The van der Waals surface area contributed by atoms with Gasteiger partial charge in [-0.25, -0.2) is 4.39 Å². The van der Waals surface area contributed by atoms with Gasteiger partial charge in [-0.15, -0.1) is 0 Å². The maximum Gasteiger partial charge on any atom is 0.325 e. The van der Waals surface area contributed by atoms with Crippen LogP contribution in [0.5, 0.6) is 5.75 Å². The van der Waals surface area contributed by atoms with E-state index in [4.69, 9.17) is 9.84 Å². The van der Waals surface area contributed by atoms with Crippen molar-refractivity contribution >= 4 is 11.7 Å². The van der Waals surface area contributed by atoms with Crippen molar-refractivity contribution in [1.29, 1.82) is 0 Å². The molecule has 1 atom stereocenters. The molecule has 2 N–H and O–H groups in total. The molecule has 0 radical (unpaired) electrons. The van der Waals surface area contributed by atoms with Gasteiger partial charge in [-0.05, 0) is 26.0 Å². The van der Waals surface area contributed by atoms with Gasteiger partial charge in [0.2, 0.25) is 0 Å². The van der Waals surface area contributed by atoms with Gasteiger partial charge in [-0.1, -0.05) is 0 Å². The Hall–Kier alpha value is -1.78. The lowest BCUT2D eigenvalue weighted by molar-refractivity contribution is -0.137. The predicted molar refractivity (Wildman–Crippen MR) is 58.3 cm³/mol. The summed E-state index contributed by atoms with van der Waals surface area (Å²) in [5.41, 5.74) is 0.413. The lowest BCUT2D eigenvalue weighted by Gasteiger charge is -2.12. The number of anilines is 1. The summed E-state index contributed by atoms with van der Waals surface area (Å²) in [5.74, 6) is -1.34. The number of rotatable bonds is 5. The molecule has 0 fully saturated rings. The molecule has 1 unspecified atom stereocenters. The third kappa shape index (κ3) is 3.12. The second-order valence-corrected chi connectivity index (χ2v) is 3.28. The number of benzene rings is 1. The average molecular weight is 227 g/mol. The fourth-order valence-electron chi connectivity index (χ4n) is 1.17.